The number of hydrogen-bond acceptors (Lipinski definition) is 6. The van der Waals surface area contributed by atoms with E-state index in [1.165, 1.54) is 0 Å². The maximum atomic E-state index is 10.0. The minimum absolute atomic E-state index is 0.146. The summed E-state index contributed by atoms with van der Waals surface area (Å²) in [5.74, 6) is 1.54. The molecule has 0 spiro atoms. The Bertz CT molecular complexity index is 784. The zero-order valence-electron chi connectivity index (χ0n) is 19.2. The standard InChI is InChI=1S/C25H34ClIO6/c1-25(2,19-5-9-23(10-6-19)31-17-21(28)15-26)20-7-11-24(12-8-20)32-18-22(29)16-30-13-3-4-14-33-27/h5-12,21-22,28-29H,3-4,13-18H2,1-2H3/t21-,22-/m0/s1. The van der Waals surface area contributed by atoms with Gasteiger partial charge in [0, 0.05) is 12.0 Å². The van der Waals surface area contributed by atoms with Crippen LogP contribution in [0.1, 0.15) is 37.8 Å². The molecule has 0 bridgehead atoms. The zero-order valence-corrected chi connectivity index (χ0v) is 22.1. The Hall–Kier alpha value is -1.10. The highest BCUT2D eigenvalue weighted by molar-refractivity contribution is 14.1. The normalized spacial score (nSPS) is 13.5. The van der Waals surface area contributed by atoms with Crippen molar-refractivity contribution in [2.45, 2.75) is 44.3 Å². The van der Waals surface area contributed by atoms with Gasteiger partial charge in [-0.1, -0.05) is 38.1 Å². The zero-order chi connectivity index (χ0) is 24.1. The molecule has 0 aromatic heterocycles. The maximum Gasteiger partial charge on any atom is 0.119 e. The Morgan fingerprint density at radius 3 is 1.76 bits per heavy atom. The molecule has 8 heteroatoms. The number of aliphatic hydroxyl groups is 2. The van der Waals surface area contributed by atoms with Crippen LogP contribution in [0.4, 0.5) is 0 Å². The van der Waals surface area contributed by atoms with Crippen molar-refractivity contribution in [3.8, 4) is 11.5 Å². The van der Waals surface area contributed by atoms with Crippen LogP contribution >= 0.6 is 34.6 Å². The van der Waals surface area contributed by atoms with Crippen LogP contribution in [0.15, 0.2) is 48.5 Å². The van der Waals surface area contributed by atoms with Gasteiger partial charge in [0.25, 0.3) is 0 Å². The molecule has 0 aliphatic heterocycles. The van der Waals surface area contributed by atoms with Gasteiger partial charge in [-0.15, -0.1) is 11.6 Å². The van der Waals surface area contributed by atoms with Gasteiger partial charge in [0.1, 0.15) is 59.9 Å². The first kappa shape index (κ1) is 28.1. The van der Waals surface area contributed by atoms with Gasteiger partial charge >= 0.3 is 0 Å². The molecule has 6 nitrogen and oxygen atoms in total. The Labute approximate surface area is 215 Å². The highest BCUT2D eigenvalue weighted by Gasteiger charge is 2.23. The van der Waals surface area contributed by atoms with E-state index in [-0.39, 0.29) is 31.1 Å². The van der Waals surface area contributed by atoms with Crippen molar-refractivity contribution in [3.05, 3.63) is 59.7 Å². The molecule has 0 aliphatic rings. The quantitative estimate of drug-likeness (QED) is 0.164. The lowest BCUT2D eigenvalue weighted by Crippen LogP contribution is -2.24. The van der Waals surface area contributed by atoms with Crippen molar-refractivity contribution in [3.63, 3.8) is 0 Å². The molecule has 2 atom stereocenters. The van der Waals surface area contributed by atoms with Gasteiger partial charge in [0.05, 0.1) is 19.1 Å². The summed E-state index contributed by atoms with van der Waals surface area (Å²) in [5.41, 5.74) is 2.06. The lowest BCUT2D eigenvalue weighted by atomic mass is 9.78. The number of unbranched alkanes of at least 4 members (excludes halogenated alkanes) is 1. The average molecular weight is 593 g/mol. The molecule has 0 saturated carbocycles. The molecule has 0 saturated heterocycles. The van der Waals surface area contributed by atoms with Crippen molar-refractivity contribution in [2.24, 2.45) is 0 Å². The maximum absolute atomic E-state index is 10.0. The van der Waals surface area contributed by atoms with E-state index in [0.717, 1.165) is 24.0 Å². The van der Waals surface area contributed by atoms with Crippen molar-refractivity contribution in [1.29, 1.82) is 0 Å². The van der Waals surface area contributed by atoms with E-state index in [1.807, 2.05) is 71.5 Å². The monoisotopic (exact) mass is 592 g/mol. The van der Waals surface area contributed by atoms with E-state index in [9.17, 15) is 10.2 Å². The predicted octanol–water partition coefficient (Wildman–Crippen LogP) is 4.89. The van der Waals surface area contributed by atoms with Gasteiger partial charge < -0.3 is 27.5 Å². The van der Waals surface area contributed by atoms with Gasteiger partial charge in [0.15, 0.2) is 0 Å². The molecule has 0 aliphatic carbocycles. The number of rotatable bonds is 16. The summed E-state index contributed by atoms with van der Waals surface area (Å²) >= 11 is 7.48. The molecule has 2 aromatic rings. The van der Waals surface area contributed by atoms with Gasteiger partial charge in [-0.3, -0.25) is 0 Å². The molecule has 2 aromatic carbocycles. The van der Waals surface area contributed by atoms with E-state index >= 15 is 0 Å². The lowest BCUT2D eigenvalue weighted by molar-refractivity contribution is 0.0107. The van der Waals surface area contributed by atoms with Crippen molar-refractivity contribution in [2.75, 3.05) is 38.9 Å². The SMILES string of the molecule is CC(C)(c1ccc(OC[C@@H](O)CCl)cc1)c1ccc(OC[C@@H](O)COCCCCOI)cc1. The molecule has 184 valence electrons. The molecular formula is C25H34ClIO6. The summed E-state index contributed by atoms with van der Waals surface area (Å²) in [6.07, 6.45) is 0.492. The third-order valence-electron chi connectivity index (χ3n) is 5.29. The summed E-state index contributed by atoms with van der Waals surface area (Å²) in [5, 5.41) is 19.6. The minimum atomic E-state index is -0.678. The van der Waals surface area contributed by atoms with Crippen LogP contribution in [0.2, 0.25) is 0 Å². The van der Waals surface area contributed by atoms with Gasteiger partial charge in [-0.05, 0) is 48.2 Å². The lowest BCUT2D eigenvalue weighted by Gasteiger charge is -2.26. The van der Waals surface area contributed by atoms with Crippen LogP contribution in [-0.4, -0.2) is 61.3 Å². The van der Waals surface area contributed by atoms with Crippen LogP contribution in [0, 0.1) is 0 Å². The van der Waals surface area contributed by atoms with Crippen LogP contribution in [0.5, 0.6) is 11.5 Å². The van der Waals surface area contributed by atoms with Crippen LogP contribution in [0.25, 0.3) is 0 Å². The summed E-state index contributed by atoms with van der Waals surface area (Å²) < 4.78 is 21.7. The largest absolute Gasteiger partial charge is 0.491 e. The summed E-state index contributed by atoms with van der Waals surface area (Å²) in [7, 11) is 0. The van der Waals surface area contributed by atoms with E-state index in [1.54, 1.807) is 0 Å². The first-order valence-corrected chi connectivity index (χ1v) is 12.5. The third kappa shape index (κ3) is 9.96. The van der Waals surface area contributed by atoms with Crippen LogP contribution in [-0.2, 0) is 13.2 Å². The molecule has 0 amide bonds. The average Bonchev–Trinajstić information content (AvgIpc) is 2.83. The topological polar surface area (TPSA) is 77.4 Å². The van der Waals surface area contributed by atoms with E-state index in [0.29, 0.717) is 24.7 Å². The van der Waals surface area contributed by atoms with Crippen LogP contribution < -0.4 is 9.47 Å². The second kappa shape index (κ2) is 15.0. The Morgan fingerprint density at radius 2 is 1.27 bits per heavy atom. The number of alkyl halides is 1. The summed E-state index contributed by atoms with van der Waals surface area (Å²) in [4.78, 5) is 0. The van der Waals surface area contributed by atoms with E-state index in [2.05, 4.69) is 13.8 Å². The van der Waals surface area contributed by atoms with E-state index in [4.69, 9.17) is 28.9 Å². The predicted molar refractivity (Wildman–Crippen MR) is 139 cm³/mol. The number of benzene rings is 2. The molecule has 33 heavy (non-hydrogen) atoms. The molecule has 0 fully saturated rings. The third-order valence-corrected chi connectivity index (χ3v) is 6.08. The van der Waals surface area contributed by atoms with Crippen molar-refractivity contribution < 1.29 is 27.5 Å². The molecule has 0 unspecified atom stereocenters. The van der Waals surface area contributed by atoms with Crippen LogP contribution in [0.3, 0.4) is 0 Å². The van der Waals surface area contributed by atoms with Crippen molar-refractivity contribution in [1.82, 2.24) is 0 Å². The number of halogens is 2. The van der Waals surface area contributed by atoms with Gasteiger partial charge in [-0.2, -0.15) is 0 Å². The second-order valence-electron chi connectivity index (χ2n) is 8.35. The summed E-state index contributed by atoms with van der Waals surface area (Å²) in [6, 6.07) is 15.8. The summed E-state index contributed by atoms with van der Waals surface area (Å²) in [6.45, 7) is 6.22. The number of aliphatic hydroxyl groups excluding tert-OH is 2. The van der Waals surface area contributed by atoms with Gasteiger partial charge in [0.2, 0.25) is 0 Å². The number of ether oxygens (including phenoxy) is 3. The Balaban J connectivity index is 1.82. The fraction of sp³-hybridized carbons (Fsp3) is 0.520. The fourth-order valence-corrected chi connectivity index (χ4v) is 3.56. The molecule has 2 N–H and O–H groups in total. The second-order valence-corrected chi connectivity index (χ2v) is 9.28. The minimum Gasteiger partial charge on any atom is -0.491 e. The number of hydrogen-bond donors (Lipinski definition) is 2. The van der Waals surface area contributed by atoms with E-state index < -0.39 is 12.2 Å². The molecule has 0 radical (unpaired) electrons. The molecule has 0 heterocycles. The Kier molecular flexibility index (Phi) is 12.8. The molecular weight excluding hydrogens is 559 g/mol. The highest BCUT2D eigenvalue weighted by Crippen LogP contribution is 2.33. The van der Waals surface area contributed by atoms with Gasteiger partial charge in [-0.25, -0.2) is 0 Å². The fourth-order valence-electron chi connectivity index (χ4n) is 3.16. The highest BCUT2D eigenvalue weighted by atomic mass is 127. The smallest absolute Gasteiger partial charge is 0.119 e. The Morgan fingerprint density at radius 1 is 0.788 bits per heavy atom. The first-order valence-electron chi connectivity index (χ1n) is 11.1. The first-order chi connectivity index (χ1) is 15.9. The molecule has 2 rings (SSSR count). The van der Waals surface area contributed by atoms with Crippen molar-refractivity contribution >= 4 is 34.6 Å².